The lowest BCUT2D eigenvalue weighted by atomic mass is 10.1. The van der Waals surface area contributed by atoms with Crippen LogP contribution in [0.25, 0.3) is 6.08 Å². The summed E-state index contributed by atoms with van der Waals surface area (Å²) in [4.78, 5) is 21.5. The number of esters is 1. The normalized spacial score (nSPS) is 10.1. The lowest BCUT2D eigenvalue weighted by molar-refractivity contribution is -0.104. The van der Waals surface area contributed by atoms with Crippen molar-refractivity contribution in [3.05, 3.63) is 35.4 Å². The molecule has 0 amide bonds. The zero-order valence-electron chi connectivity index (χ0n) is 9.10. The number of rotatable bonds is 4. The van der Waals surface area contributed by atoms with Crippen molar-refractivity contribution in [1.29, 1.82) is 0 Å². The van der Waals surface area contributed by atoms with Crippen LogP contribution in [0.5, 0.6) is 5.75 Å². The molecular weight excluding hydrogens is 208 g/mol. The summed E-state index contributed by atoms with van der Waals surface area (Å²) in [5.74, 6) is 0.161. The van der Waals surface area contributed by atoms with Gasteiger partial charge in [-0.2, -0.15) is 0 Å². The van der Waals surface area contributed by atoms with E-state index in [-0.39, 0.29) is 0 Å². The van der Waals surface area contributed by atoms with Crippen LogP contribution in [-0.4, -0.2) is 26.5 Å². The highest BCUT2D eigenvalue weighted by molar-refractivity contribution is 5.90. The summed E-state index contributed by atoms with van der Waals surface area (Å²) in [6.45, 7) is 0. The monoisotopic (exact) mass is 220 g/mol. The third kappa shape index (κ3) is 2.70. The SMILES string of the molecule is COC(=O)c1ccc(OC)c(C=CC=O)c1. The van der Waals surface area contributed by atoms with Crippen LogP contribution < -0.4 is 4.74 Å². The van der Waals surface area contributed by atoms with Crippen LogP contribution in [0.3, 0.4) is 0 Å². The molecule has 0 saturated heterocycles. The number of hydrogen-bond acceptors (Lipinski definition) is 4. The van der Waals surface area contributed by atoms with Gasteiger partial charge in [-0.3, -0.25) is 4.79 Å². The molecule has 0 saturated carbocycles. The molecule has 0 bridgehead atoms. The second kappa shape index (κ2) is 5.70. The number of allylic oxidation sites excluding steroid dienone is 1. The van der Waals surface area contributed by atoms with E-state index in [0.29, 0.717) is 23.2 Å². The van der Waals surface area contributed by atoms with Crippen LogP contribution in [0.4, 0.5) is 0 Å². The Balaban J connectivity index is 3.15. The van der Waals surface area contributed by atoms with Crippen LogP contribution in [-0.2, 0) is 9.53 Å². The van der Waals surface area contributed by atoms with Gasteiger partial charge in [-0.05, 0) is 30.4 Å². The second-order valence-corrected chi connectivity index (χ2v) is 2.94. The Hall–Kier alpha value is -2.10. The Morgan fingerprint density at radius 1 is 1.31 bits per heavy atom. The number of aldehydes is 1. The Morgan fingerprint density at radius 2 is 2.06 bits per heavy atom. The molecule has 1 aromatic carbocycles. The van der Waals surface area contributed by atoms with E-state index in [0.717, 1.165) is 0 Å². The van der Waals surface area contributed by atoms with Crippen molar-refractivity contribution >= 4 is 18.3 Å². The van der Waals surface area contributed by atoms with Crippen molar-refractivity contribution in [2.24, 2.45) is 0 Å². The van der Waals surface area contributed by atoms with E-state index in [4.69, 9.17) is 4.74 Å². The van der Waals surface area contributed by atoms with Gasteiger partial charge in [-0.15, -0.1) is 0 Å². The highest BCUT2D eigenvalue weighted by Crippen LogP contribution is 2.21. The average molecular weight is 220 g/mol. The minimum Gasteiger partial charge on any atom is -0.496 e. The largest absolute Gasteiger partial charge is 0.496 e. The van der Waals surface area contributed by atoms with Gasteiger partial charge >= 0.3 is 5.97 Å². The molecule has 0 unspecified atom stereocenters. The quantitative estimate of drug-likeness (QED) is 0.440. The first-order chi connectivity index (χ1) is 7.72. The topological polar surface area (TPSA) is 52.6 Å². The van der Waals surface area contributed by atoms with Gasteiger partial charge in [-0.1, -0.05) is 0 Å². The van der Waals surface area contributed by atoms with Crippen molar-refractivity contribution < 1.29 is 19.1 Å². The maximum Gasteiger partial charge on any atom is 0.337 e. The molecule has 0 aliphatic rings. The fourth-order valence-electron chi connectivity index (χ4n) is 1.25. The summed E-state index contributed by atoms with van der Waals surface area (Å²) in [5.41, 5.74) is 1.06. The molecule has 4 nitrogen and oxygen atoms in total. The predicted octanol–water partition coefficient (Wildman–Crippen LogP) is 1.69. The molecule has 16 heavy (non-hydrogen) atoms. The Morgan fingerprint density at radius 3 is 2.62 bits per heavy atom. The third-order valence-electron chi connectivity index (χ3n) is 2.01. The van der Waals surface area contributed by atoms with Crippen molar-refractivity contribution in [1.82, 2.24) is 0 Å². The molecule has 0 fully saturated rings. The van der Waals surface area contributed by atoms with Gasteiger partial charge in [0.15, 0.2) is 0 Å². The first-order valence-electron chi connectivity index (χ1n) is 4.61. The Kier molecular flexibility index (Phi) is 4.27. The minimum absolute atomic E-state index is 0.411. The zero-order valence-corrected chi connectivity index (χ0v) is 9.10. The lowest BCUT2D eigenvalue weighted by Gasteiger charge is -2.06. The standard InChI is InChI=1S/C12H12O4/c1-15-11-6-5-10(12(14)16-2)8-9(11)4-3-7-13/h3-8H,1-2H3. The van der Waals surface area contributed by atoms with Crippen LogP contribution >= 0.6 is 0 Å². The van der Waals surface area contributed by atoms with E-state index in [1.165, 1.54) is 20.3 Å². The summed E-state index contributed by atoms with van der Waals surface area (Å²) in [6, 6.07) is 4.85. The van der Waals surface area contributed by atoms with Gasteiger partial charge in [0, 0.05) is 5.56 Å². The molecule has 1 rings (SSSR count). The van der Waals surface area contributed by atoms with Crippen molar-refractivity contribution in [2.75, 3.05) is 14.2 Å². The number of methoxy groups -OCH3 is 2. The number of benzene rings is 1. The van der Waals surface area contributed by atoms with E-state index in [9.17, 15) is 9.59 Å². The summed E-state index contributed by atoms with van der Waals surface area (Å²) < 4.78 is 9.69. The van der Waals surface area contributed by atoms with Gasteiger partial charge < -0.3 is 9.47 Å². The number of hydrogen-bond donors (Lipinski definition) is 0. The van der Waals surface area contributed by atoms with Crippen LogP contribution in [0, 0.1) is 0 Å². The molecule has 0 N–H and O–H groups in total. The van der Waals surface area contributed by atoms with Crippen LogP contribution in [0.15, 0.2) is 24.3 Å². The lowest BCUT2D eigenvalue weighted by Crippen LogP contribution is -2.01. The van der Waals surface area contributed by atoms with Gasteiger partial charge in [0.1, 0.15) is 12.0 Å². The molecule has 84 valence electrons. The van der Waals surface area contributed by atoms with Crippen molar-refractivity contribution in [3.8, 4) is 5.75 Å². The first-order valence-corrected chi connectivity index (χ1v) is 4.61. The number of carbonyl (C=O) groups excluding carboxylic acids is 2. The van der Waals surface area contributed by atoms with Gasteiger partial charge in [0.2, 0.25) is 0 Å². The van der Waals surface area contributed by atoms with E-state index in [1.807, 2.05) is 0 Å². The third-order valence-corrected chi connectivity index (χ3v) is 2.01. The van der Waals surface area contributed by atoms with Crippen LogP contribution in [0.1, 0.15) is 15.9 Å². The van der Waals surface area contributed by atoms with E-state index >= 15 is 0 Å². The Bertz CT molecular complexity index is 421. The number of ether oxygens (including phenoxy) is 2. The molecule has 4 heteroatoms. The molecule has 0 aliphatic carbocycles. The first kappa shape index (κ1) is 12.0. The van der Waals surface area contributed by atoms with Gasteiger partial charge in [0.25, 0.3) is 0 Å². The van der Waals surface area contributed by atoms with Crippen molar-refractivity contribution in [2.45, 2.75) is 0 Å². The molecule has 1 aromatic rings. The predicted molar refractivity (Wildman–Crippen MR) is 59.4 cm³/mol. The molecule has 0 atom stereocenters. The highest BCUT2D eigenvalue weighted by atomic mass is 16.5. The average Bonchev–Trinajstić information content (AvgIpc) is 2.34. The molecule has 0 spiro atoms. The molecule has 0 radical (unpaired) electrons. The van der Waals surface area contributed by atoms with E-state index in [2.05, 4.69) is 4.74 Å². The second-order valence-electron chi connectivity index (χ2n) is 2.94. The fourth-order valence-corrected chi connectivity index (χ4v) is 1.25. The Labute approximate surface area is 93.5 Å². The molecule has 0 heterocycles. The highest BCUT2D eigenvalue weighted by Gasteiger charge is 2.08. The maximum absolute atomic E-state index is 11.3. The summed E-state index contributed by atoms with van der Waals surface area (Å²) in [5, 5.41) is 0. The smallest absolute Gasteiger partial charge is 0.337 e. The molecule has 0 aromatic heterocycles. The summed E-state index contributed by atoms with van der Waals surface area (Å²) in [7, 11) is 2.83. The fraction of sp³-hybridized carbons (Fsp3) is 0.167. The van der Waals surface area contributed by atoms with E-state index < -0.39 is 5.97 Å². The van der Waals surface area contributed by atoms with Crippen LogP contribution in [0.2, 0.25) is 0 Å². The zero-order chi connectivity index (χ0) is 12.0. The summed E-state index contributed by atoms with van der Waals surface area (Å²) in [6.07, 6.45) is 3.56. The van der Waals surface area contributed by atoms with Crippen molar-refractivity contribution in [3.63, 3.8) is 0 Å². The number of carbonyl (C=O) groups is 2. The molecule has 0 aliphatic heterocycles. The minimum atomic E-state index is -0.427. The maximum atomic E-state index is 11.3. The van der Waals surface area contributed by atoms with Gasteiger partial charge in [0.05, 0.1) is 19.8 Å². The molecular formula is C12H12O4. The summed E-state index contributed by atoms with van der Waals surface area (Å²) >= 11 is 0. The van der Waals surface area contributed by atoms with E-state index in [1.54, 1.807) is 24.3 Å². The van der Waals surface area contributed by atoms with Gasteiger partial charge in [-0.25, -0.2) is 4.79 Å².